The molecule has 2 aliphatic heterocycles. The van der Waals surface area contributed by atoms with E-state index in [2.05, 4.69) is 26.1 Å². The lowest BCUT2D eigenvalue weighted by Crippen LogP contribution is -2.47. The number of carbonyl (C=O) groups excluding carboxylic acids is 1. The molecular formula is C36H46F6N4O4. The second-order valence-electron chi connectivity index (χ2n) is 14.2. The molecule has 3 fully saturated rings. The molecule has 2 aromatic carbocycles. The van der Waals surface area contributed by atoms with Gasteiger partial charge in [-0.15, -0.1) is 0 Å². The van der Waals surface area contributed by atoms with Crippen molar-refractivity contribution >= 4 is 34.6 Å². The predicted octanol–water partition coefficient (Wildman–Crippen LogP) is 7.77. The molecule has 5 rings (SSSR count). The molecule has 3 atom stereocenters. The molecule has 0 bridgehead atoms. The maximum Gasteiger partial charge on any atom is 0.418 e. The van der Waals surface area contributed by atoms with Crippen molar-refractivity contribution in [2.45, 2.75) is 71.3 Å². The standard InChI is InChI=1S/C36H46F6N4O4/c1-22(2)27-8-7-23(3)17-32(27)50-21-33(47)43-29-19-28(36(40,41)42)30(45-11-9-24(10-12-45)34(48)49)20-31(29)46-15-13-44(14-16-46)26-6-4-5-25(18-26)35(37,38)39/h4-6,18-20,22-24,27,32H,7-17,21H2,1-3H3,(H,43,47)(H,48,49). The maximum atomic E-state index is 14.6. The number of carboxylic acid groups (broad SMARTS) is 1. The lowest BCUT2D eigenvalue weighted by atomic mass is 9.75. The van der Waals surface area contributed by atoms with Crippen molar-refractivity contribution in [2.75, 3.05) is 65.9 Å². The second-order valence-corrected chi connectivity index (χ2v) is 14.2. The van der Waals surface area contributed by atoms with Crippen molar-refractivity contribution in [3.05, 3.63) is 47.5 Å². The highest BCUT2D eigenvalue weighted by Gasteiger charge is 2.39. The molecule has 50 heavy (non-hydrogen) atoms. The molecule has 0 aromatic heterocycles. The number of alkyl halides is 6. The van der Waals surface area contributed by atoms with Gasteiger partial charge in [-0.3, -0.25) is 9.59 Å². The Balaban J connectivity index is 1.42. The topological polar surface area (TPSA) is 85.3 Å². The molecule has 2 N–H and O–H groups in total. The molecule has 2 aromatic rings. The first-order chi connectivity index (χ1) is 23.5. The van der Waals surface area contributed by atoms with Crippen LogP contribution in [0.2, 0.25) is 0 Å². The Labute approximate surface area is 288 Å². The number of ether oxygens (including phenoxy) is 1. The molecule has 2 heterocycles. The third-order valence-electron chi connectivity index (χ3n) is 10.4. The van der Waals surface area contributed by atoms with Crippen LogP contribution in [0.3, 0.4) is 0 Å². The number of piperidine rings is 1. The van der Waals surface area contributed by atoms with Gasteiger partial charge in [0.25, 0.3) is 0 Å². The summed E-state index contributed by atoms with van der Waals surface area (Å²) in [4.78, 5) is 30.0. The third kappa shape index (κ3) is 8.96. The highest BCUT2D eigenvalue weighted by molar-refractivity contribution is 5.96. The zero-order valence-corrected chi connectivity index (χ0v) is 28.6. The highest BCUT2D eigenvalue weighted by Crippen LogP contribution is 2.44. The van der Waals surface area contributed by atoms with Crippen LogP contribution < -0.4 is 20.0 Å². The lowest BCUT2D eigenvalue weighted by molar-refractivity contribution is -0.142. The number of amides is 1. The normalized spacial score (nSPS) is 22.6. The molecule has 8 nitrogen and oxygen atoms in total. The molecule has 3 aliphatic rings. The van der Waals surface area contributed by atoms with Gasteiger partial charge in [0.05, 0.1) is 40.2 Å². The van der Waals surface area contributed by atoms with Gasteiger partial charge in [0.1, 0.15) is 6.61 Å². The van der Waals surface area contributed by atoms with Crippen LogP contribution in [0.15, 0.2) is 36.4 Å². The second kappa shape index (κ2) is 15.3. The summed E-state index contributed by atoms with van der Waals surface area (Å²) in [5, 5.41) is 12.1. The minimum absolute atomic E-state index is 0.0416. The van der Waals surface area contributed by atoms with Gasteiger partial charge >= 0.3 is 18.3 Å². The van der Waals surface area contributed by atoms with Crippen molar-refractivity contribution in [3.8, 4) is 0 Å². The first-order valence-corrected chi connectivity index (χ1v) is 17.3. The lowest BCUT2D eigenvalue weighted by Gasteiger charge is -2.40. The SMILES string of the molecule is CC1CCC(C(C)C)C(OCC(=O)Nc2cc(C(F)(F)F)c(N3CCC(C(=O)O)CC3)cc2N2CCN(c3cccc(C(F)(F)F)c3)CC2)C1. The van der Waals surface area contributed by atoms with Crippen LogP contribution in [0.4, 0.5) is 49.1 Å². The van der Waals surface area contributed by atoms with Gasteiger partial charge in [0.15, 0.2) is 0 Å². The molecule has 1 saturated carbocycles. The molecule has 276 valence electrons. The zero-order valence-electron chi connectivity index (χ0n) is 28.6. The smallest absolute Gasteiger partial charge is 0.418 e. The number of carbonyl (C=O) groups is 2. The summed E-state index contributed by atoms with van der Waals surface area (Å²) in [6.45, 7) is 7.35. The summed E-state index contributed by atoms with van der Waals surface area (Å²) in [7, 11) is 0. The fraction of sp³-hybridized carbons (Fsp3) is 0.611. The number of hydrogen-bond acceptors (Lipinski definition) is 6. The van der Waals surface area contributed by atoms with Crippen LogP contribution in [-0.2, 0) is 26.7 Å². The first-order valence-electron chi connectivity index (χ1n) is 17.3. The van der Waals surface area contributed by atoms with Gasteiger partial charge in [0.2, 0.25) is 5.91 Å². The minimum atomic E-state index is -4.78. The number of carboxylic acids is 1. The Kier molecular flexibility index (Phi) is 11.5. The molecule has 2 saturated heterocycles. The summed E-state index contributed by atoms with van der Waals surface area (Å²) in [5.74, 6) is -1.17. The summed E-state index contributed by atoms with van der Waals surface area (Å²) in [5.41, 5.74) is -1.14. The van der Waals surface area contributed by atoms with Crippen LogP contribution in [-0.4, -0.2) is 69.0 Å². The number of aliphatic carboxylic acids is 1. The third-order valence-corrected chi connectivity index (χ3v) is 10.4. The van der Waals surface area contributed by atoms with Crippen molar-refractivity contribution in [3.63, 3.8) is 0 Å². The molecular weight excluding hydrogens is 666 g/mol. The van der Waals surface area contributed by atoms with E-state index in [9.17, 15) is 41.0 Å². The maximum absolute atomic E-state index is 14.6. The predicted molar refractivity (Wildman–Crippen MR) is 180 cm³/mol. The summed E-state index contributed by atoms with van der Waals surface area (Å²) in [6.07, 6.45) is -6.22. The zero-order chi connectivity index (χ0) is 36.4. The van der Waals surface area contributed by atoms with E-state index in [1.54, 1.807) is 11.0 Å². The number of nitrogens with one attached hydrogen (secondary N) is 1. The van der Waals surface area contributed by atoms with E-state index in [0.717, 1.165) is 37.5 Å². The van der Waals surface area contributed by atoms with Gasteiger partial charge in [-0.1, -0.05) is 33.3 Å². The van der Waals surface area contributed by atoms with Crippen LogP contribution in [0.25, 0.3) is 0 Å². The highest BCUT2D eigenvalue weighted by atomic mass is 19.4. The fourth-order valence-corrected chi connectivity index (χ4v) is 7.55. The molecule has 0 radical (unpaired) electrons. The number of rotatable bonds is 9. The van der Waals surface area contributed by atoms with E-state index in [1.165, 1.54) is 17.0 Å². The number of anilines is 4. The van der Waals surface area contributed by atoms with Gasteiger partial charge in [-0.05, 0) is 73.8 Å². The van der Waals surface area contributed by atoms with E-state index >= 15 is 0 Å². The van der Waals surface area contributed by atoms with Gasteiger partial charge in [-0.2, -0.15) is 26.3 Å². The Morgan fingerprint density at radius 3 is 2.10 bits per heavy atom. The van der Waals surface area contributed by atoms with Crippen molar-refractivity contribution in [1.82, 2.24) is 0 Å². The van der Waals surface area contributed by atoms with Crippen molar-refractivity contribution in [1.29, 1.82) is 0 Å². The quantitative estimate of drug-likeness (QED) is 0.257. The van der Waals surface area contributed by atoms with Crippen LogP contribution in [0.1, 0.15) is 64.0 Å². The van der Waals surface area contributed by atoms with Gasteiger partial charge in [0, 0.05) is 45.0 Å². The average molecular weight is 713 g/mol. The largest absolute Gasteiger partial charge is 0.481 e. The van der Waals surface area contributed by atoms with E-state index < -0.39 is 41.3 Å². The average Bonchev–Trinajstić information content (AvgIpc) is 3.06. The van der Waals surface area contributed by atoms with E-state index in [1.807, 2.05) is 4.90 Å². The van der Waals surface area contributed by atoms with E-state index in [0.29, 0.717) is 23.2 Å². The van der Waals surface area contributed by atoms with Crippen LogP contribution >= 0.6 is 0 Å². The molecule has 3 unspecified atom stereocenters. The summed E-state index contributed by atoms with van der Waals surface area (Å²) in [6, 6.07) is 7.34. The Morgan fingerprint density at radius 2 is 1.50 bits per heavy atom. The summed E-state index contributed by atoms with van der Waals surface area (Å²) < 4.78 is 90.2. The van der Waals surface area contributed by atoms with E-state index in [-0.39, 0.29) is 82.1 Å². The first kappa shape index (κ1) is 37.6. The number of benzene rings is 2. The van der Waals surface area contributed by atoms with Gasteiger partial charge in [-0.25, -0.2) is 0 Å². The molecule has 1 aliphatic carbocycles. The van der Waals surface area contributed by atoms with Crippen LogP contribution in [0, 0.1) is 23.7 Å². The van der Waals surface area contributed by atoms with Gasteiger partial charge < -0.3 is 29.9 Å². The van der Waals surface area contributed by atoms with Crippen molar-refractivity contribution in [2.24, 2.45) is 23.7 Å². The monoisotopic (exact) mass is 712 g/mol. The molecule has 14 heteroatoms. The fourth-order valence-electron chi connectivity index (χ4n) is 7.55. The Morgan fingerprint density at radius 1 is 0.860 bits per heavy atom. The number of nitrogens with zero attached hydrogens (tertiary/aromatic N) is 3. The number of hydrogen-bond donors (Lipinski definition) is 2. The number of halogens is 6. The molecule has 0 spiro atoms. The number of piperazine rings is 1. The minimum Gasteiger partial charge on any atom is -0.481 e. The summed E-state index contributed by atoms with van der Waals surface area (Å²) >= 11 is 0. The molecule has 1 amide bonds. The Hall–Kier alpha value is -3.68. The van der Waals surface area contributed by atoms with Crippen LogP contribution in [0.5, 0.6) is 0 Å². The Bertz CT molecular complexity index is 1500. The van der Waals surface area contributed by atoms with Crippen molar-refractivity contribution < 1.29 is 45.8 Å². The van der Waals surface area contributed by atoms with E-state index in [4.69, 9.17) is 4.74 Å².